The monoisotopic (exact) mass is 349 g/mol. The molecule has 2 aliphatic rings. The molecule has 0 aliphatic carbocycles. The van der Waals surface area contributed by atoms with Crippen molar-refractivity contribution in [3.63, 3.8) is 0 Å². The number of aromatic nitrogens is 2. The van der Waals surface area contributed by atoms with Gasteiger partial charge in [0.1, 0.15) is 5.69 Å². The summed E-state index contributed by atoms with van der Waals surface area (Å²) in [6, 6.07) is 1.87. The SMILES string of the molecule is CCn1nc(C)cc1C(=O)N1C[C@@H](CN2CCN(C)CC2)[C@@H](CO)C1. The lowest BCUT2D eigenvalue weighted by Crippen LogP contribution is -2.47. The van der Waals surface area contributed by atoms with E-state index in [1.165, 1.54) is 0 Å². The van der Waals surface area contributed by atoms with Gasteiger partial charge >= 0.3 is 0 Å². The Morgan fingerprint density at radius 2 is 1.92 bits per heavy atom. The molecular weight excluding hydrogens is 318 g/mol. The van der Waals surface area contributed by atoms with E-state index in [2.05, 4.69) is 21.9 Å². The first kappa shape index (κ1) is 18.4. The highest BCUT2D eigenvalue weighted by molar-refractivity contribution is 5.93. The van der Waals surface area contributed by atoms with Crippen LogP contribution in [-0.4, -0.2) is 95.0 Å². The minimum Gasteiger partial charge on any atom is -0.396 e. The van der Waals surface area contributed by atoms with Crippen LogP contribution in [0.25, 0.3) is 0 Å². The van der Waals surface area contributed by atoms with Gasteiger partial charge in [-0.1, -0.05) is 0 Å². The number of hydrogen-bond acceptors (Lipinski definition) is 5. The van der Waals surface area contributed by atoms with Gasteiger partial charge in [0.2, 0.25) is 0 Å². The molecule has 2 saturated heterocycles. The molecule has 1 aromatic rings. The maximum Gasteiger partial charge on any atom is 0.272 e. The fraction of sp³-hybridized carbons (Fsp3) is 0.778. The number of carbonyl (C=O) groups excluding carboxylic acids is 1. The van der Waals surface area contributed by atoms with Crippen molar-refractivity contribution in [1.82, 2.24) is 24.5 Å². The van der Waals surface area contributed by atoms with Gasteiger partial charge in [0.15, 0.2) is 0 Å². The first-order valence-electron chi connectivity index (χ1n) is 9.37. The van der Waals surface area contributed by atoms with E-state index in [-0.39, 0.29) is 18.4 Å². The van der Waals surface area contributed by atoms with Crippen molar-refractivity contribution in [3.8, 4) is 0 Å². The van der Waals surface area contributed by atoms with Crippen molar-refractivity contribution < 1.29 is 9.90 Å². The Morgan fingerprint density at radius 1 is 1.24 bits per heavy atom. The van der Waals surface area contributed by atoms with Gasteiger partial charge in [-0.2, -0.15) is 5.10 Å². The number of nitrogens with zero attached hydrogens (tertiary/aromatic N) is 5. The standard InChI is InChI=1S/C18H31N5O2/c1-4-23-17(9-14(2)19-23)18(25)22-11-15(16(12-22)13-24)10-21-7-5-20(3)6-8-21/h9,15-16,24H,4-8,10-13H2,1-3H3/t15-,16-/m1/s1. The molecule has 0 saturated carbocycles. The maximum atomic E-state index is 12.9. The molecule has 25 heavy (non-hydrogen) atoms. The lowest BCUT2D eigenvalue weighted by atomic mass is 9.96. The molecule has 7 heteroatoms. The number of amides is 1. The van der Waals surface area contributed by atoms with Gasteiger partial charge in [-0.05, 0) is 32.9 Å². The number of likely N-dealkylation sites (N-methyl/N-ethyl adjacent to an activating group) is 1. The highest BCUT2D eigenvalue weighted by atomic mass is 16.3. The Kier molecular flexibility index (Phi) is 5.76. The van der Waals surface area contributed by atoms with Crippen LogP contribution in [0, 0.1) is 18.8 Å². The maximum absolute atomic E-state index is 12.9. The summed E-state index contributed by atoms with van der Waals surface area (Å²) in [5, 5.41) is 14.2. The normalized spacial score (nSPS) is 25.7. The summed E-state index contributed by atoms with van der Waals surface area (Å²) in [5.74, 6) is 0.556. The number of aryl methyl sites for hydroxylation is 2. The second-order valence-electron chi connectivity index (χ2n) is 7.50. The Labute approximate surface area is 150 Å². The Morgan fingerprint density at radius 3 is 2.56 bits per heavy atom. The number of hydrogen-bond donors (Lipinski definition) is 1. The molecule has 3 rings (SSSR count). The Balaban J connectivity index is 1.65. The third-order valence-electron chi connectivity index (χ3n) is 5.61. The molecule has 2 aliphatic heterocycles. The van der Waals surface area contributed by atoms with Gasteiger partial charge in [-0.3, -0.25) is 9.48 Å². The Hall–Kier alpha value is -1.44. The summed E-state index contributed by atoms with van der Waals surface area (Å²) in [6.45, 7) is 11.4. The average molecular weight is 349 g/mol. The summed E-state index contributed by atoms with van der Waals surface area (Å²) in [4.78, 5) is 19.7. The minimum atomic E-state index is 0.0433. The Bertz CT molecular complexity index is 594. The molecule has 140 valence electrons. The third-order valence-corrected chi connectivity index (χ3v) is 5.61. The van der Waals surface area contributed by atoms with Crippen molar-refractivity contribution in [2.45, 2.75) is 20.4 Å². The third kappa shape index (κ3) is 4.04. The second kappa shape index (κ2) is 7.85. The van der Waals surface area contributed by atoms with Crippen molar-refractivity contribution in [1.29, 1.82) is 0 Å². The lowest BCUT2D eigenvalue weighted by Gasteiger charge is -2.34. The van der Waals surface area contributed by atoms with Gasteiger partial charge < -0.3 is 19.8 Å². The van der Waals surface area contributed by atoms with E-state index in [0.717, 1.165) is 45.0 Å². The molecule has 1 N–H and O–H groups in total. The largest absolute Gasteiger partial charge is 0.396 e. The molecule has 1 amide bonds. The van der Waals surface area contributed by atoms with Gasteiger partial charge in [-0.15, -0.1) is 0 Å². The van der Waals surface area contributed by atoms with Gasteiger partial charge in [0.25, 0.3) is 5.91 Å². The van der Waals surface area contributed by atoms with Crippen molar-refractivity contribution in [2.75, 3.05) is 59.5 Å². The summed E-state index contributed by atoms with van der Waals surface area (Å²) in [5.41, 5.74) is 1.54. The first-order valence-corrected chi connectivity index (χ1v) is 9.37. The highest BCUT2D eigenvalue weighted by Gasteiger charge is 2.37. The molecule has 2 atom stereocenters. The van der Waals surface area contributed by atoms with Crippen LogP contribution < -0.4 is 0 Å². The van der Waals surface area contributed by atoms with Crippen LogP contribution in [0.15, 0.2) is 6.07 Å². The van der Waals surface area contributed by atoms with E-state index in [4.69, 9.17) is 0 Å². The van der Waals surface area contributed by atoms with E-state index < -0.39 is 0 Å². The summed E-state index contributed by atoms with van der Waals surface area (Å²) >= 11 is 0. The van der Waals surface area contributed by atoms with E-state index in [9.17, 15) is 9.90 Å². The molecule has 0 aromatic carbocycles. The van der Waals surface area contributed by atoms with E-state index >= 15 is 0 Å². The fourth-order valence-electron chi connectivity index (χ4n) is 4.00. The zero-order valence-corrected chi connectivity index (χ0v) is 15.7. The van der Waals surface area contributed by atoms with Crippen molar-refractivity contribution in [2.24, 2.45) is 11.8 Å². The zero-order chi connectivity index (χ0) is 18.0. The number of piperazine rings is 1. The molecule has 0 unspecified atom stereocenters. The predicted octanol–water partition coefficient (Wildman–Crippen LogP) is 0.139. The summed E-state index contributed by atoms with van der Waals surface area (Å²) in [7, 11) is 2.16. The molecule has 0 bridgehead atoms. The molecule has 1 aromatic heterocycles. The number of aliphatic hydroxyl groups is 1. The summed E-state index contributed by atoms with van der Waals surface area (Å²) < 4.78 is 1.78. The van der Waals surface area contributed by atoms with Crippen molar-refractivity contribution >= 4 is 5.91 Å². The molecule has 0 radical (unpaired) electrons. The van der Waals surface area contributed by atoms with E-state index in [1.54, 1.807) is 4.68 Å². The highest BCUT2D eigenvalue weighted by Crippen LogP contribution is 2.26. The number of rotatable bonds is 5. The van der Waals surface area contributed by atoms with E-state index in [1.807, 2.05) is 24.8 Å². The van der Waals surface area contributed by atoms with Gasteiger partial charge in [0, 0.05) is 64.9 Å². The average Bonchev–Trinajstić information content (AvgIpc) is 3.19. The molecule has 3 heterocycles. The van der Waals surface area contributed by atoms with E-state index in [0.29, 0.717) is 24.7 Å². The van der Waals surface area contributed by atoms with Crippen LogP contribution in [0.1, 0.15) is 23.1 Å². The van der Waals surface area contributed by atoms with Gasteiger partial charge in [-0.25, -0.2) is 0 Å². The summed E-state index contributed by atoms with van der Waals surface area (Å²) in [6.07, 6.45) is 0. The molecule has 0 spiro atoms. The number of aliphatic hydroxyl groups excluding tert-OH is 1. The number of carbonyl (C=O) groups is 1. The lowest BCUT2D eigenvalue weighted by molar-refractivity contribution is 0.0764. The predicted molar refractivity (Wildman–Crippen MR) is 96.5 cm³/mol. The molecular formula is C18H31N5O2. The van der Waals surface area contributed by atoms with Crippen LogP contribution in [0.4, 0.5) is 0 Å². The van der Waals surface area contributed by atoms with Crippen LogP contribution >= 0.6 is 0 Å². The zero-order valence-electron chi connectivity index (χ0n) is 15.7. The number of likely N-dealkylation sites (tertiary alicyclic amines) is 1. The van der Waals surface area contributed by atoms with Crippen LogP contribution in [0.5, 0.6) is 0 Å². The topological polar surface area (TPSA) is 64.8 Å². The first-order chi connectivity index (χ1) is 12.0. The molecule has 7 nitrogen and oxygen atoms in total. The van der Waals surface area contributed by atoms with Crippen LogP contribution in [-0.2, 0) is 6.54 Å². The van der Waals surface area contributed by atoms with Crippen LogP contribution in [0.3, 0.4) is 0 Å². The quantitative estimate of drug-likeness (QED) is 0.819. The van der Waals surface area contributed by atoms with Gasteiger partial charge in [0.05, 0.1) is 5.69 Å². The van der Waals surface area contributed by atoms with Crippen LogP contribution in [0.2, 0.25) is 0 Å². The second-order valence-corrected chi connectivity index (χ2v) is 7.50. The molecule has 2 fully saturated rings. The minimum absolute atomic E-state index is 0.0433. The van der Waals surface area contributed by atoms with Crippen molar-refractivity contribution in [3.05, 3.63) is 17.5 Å². The smallest absolute Gasteiger partial charge is 0.272 e. The fourth-order valence-corrected chi connectivity index (χ4v) is 4.00.